The van der Waals surface area contributed by atoms with Crippen molar-refractivity contribution in [2.75, 3.05) is 18.2 Å². The largest absolute Gasteiger partial charge is 0.496 e. The van der Waals surface area contributed by atoms with E-state index >= 15 is 0 Å². The second-order valence-electron chi connectivity index (χ2n) is 6.99. The lowest BCUT2D eigenvalue weighted by Gasteiger charge is -2.11. The number of nitrogens with two attached hydrogens (primary N) is 1. The van der Waals surface area contributed by atoms with Gasteiger partial charge in [0.1, 0.15) is 17.4 Å². The molecule has 0 radical (unpaired) electrons. The van der Waals surface area contributed by atoms with Gasteiger partial charge in [-0.05, 0) is 43.2 Å². The van der Waals surface area contributed by atoms with E-state index < -0.39 is 0 Å². The molecule has 8 heteroatoms. The maximum absolute atomic E-state index is 13.8. The highest BCUT2D eigenvalue weighted by atomic mass is 19.1. The van der Waals surface area contributed by atoms with Crippen molar-refractivity contribution < 1.29 is 9.13 Å². The van der Waals surface area contributed by atoms with Crippen LogP contribution < -0.4 is 15.8 Å². The number of halogens is 1. The number of aromatic nitrogens is 4. The van der Waals surface area contributed by atoms with Crippen LogP contribution in [0.5, 0.6) is 5.75 Å². The van der Waals surface area contributed by atoms with Crippen LogP contribution in [0.15, 0.2) is 48.5 Å². The first-order chi connectivity index (χ1) is 14.1. The number of fused-ring (bicyclic) bond motifs is 1. The molecule has 3 N–H and O–H groups in total. The van der Waals surface area contributed by atoms with E-state index in [1.165, 1.54) is 16.8 Å². The monoisotopic (exact) mass is 390 g/mol. The van der Waals surface area contributed by atoms with Gasteiger partial charge in [-0.1, -0.05) is 18.2 Å². The van der Waals surface area contributed by atoms with E-state index in [2.05, 4.69) is 15.4 Å². The Kier molecular flexibility index (Phi) is 4.04. The number of nitrogens with zero attached hydrogens (tertiary/aromatic N) is 4. The molecular formula is C21H19FN6O. The van der Waals surface area contributed by atoms with Crippen molar-refractivity contribution in [3.8, 4) is 22.7 Å². The SMILES string of the molecule is COc1ccccc1-c1nc(NC2CC2)nc2nn(-c3cccc(F)c3)c(N)c12. The van der Waals surface area contributed by atoms with Crippen molar-refractivity contribution in [3.63, 3.8) is 0 Å². The molecule has 4 aromatic rings. The van der Waals surface area contributed by atoms with Crippen LogP contribution in [0, 0.1) is 5.82 Å². The molecule has 1 aliphatic carbocycles. The highest BCUT2D eigenvalue weighted by molar-refractivity contribution is 6.00. The van der Waals surface area contributed by atoms with E-state index in [1.54, 1.807) is 19.2 Å². The Labute approximate surface area is 166 Å². The molecule has 29 heavy (non-hydrogen) atoms. The van der Waals surface area contributed by atoms with E-state index in [-0.39, 0.29) is 5.82 Å². The zero-order valence-electron chi connectivity index (χ0n) is 15.8. The van der Waals surface area contributed by atoms with Crippen molar-refractivity contribution in [2.45, 2.75) is 18.9 Å². The van der Waals surface area contributed by atoms with Gasteiger partial charge in [0.25, 0.3) is 0 Å². The summed E-state index contributed by atoms with van der Waals surface area (Å²) in [5, 5.41) is 8.46. The van der Waals surface area contributed by atoms with E-state index in [9.17, 15) is 4.39 Å². The molecule has 0 unspecified atom stereocenters. The van der Waals surface area contributed by atoms with E-state index in [0.717, 1.165) is 18.4 Å². The standard InChI is InChI=1S/C21H19FN6O/c1-29-16-8-3-2-7-15(16)18-17-19(23)28(14-6-4-5-12(22)11-14)27-20(17)26-21(25-18)24-13-9-10-13/h2-8,11,13H,9-10,23H2,1H3,(H,24,26,27). The Bertz CT molecular complexity index is 1220. The quantitative estimate of drug-likeness (QED) is 0.539. The Morgan fingerprint density at radius 3 is 2.72 bits per heavy atom. The molecule has 0 atom stereocenters. The van der Waals surface area contributed by atoms with Gasteiger partial charge in [-0.15, -0.1) is 5.10 Å². The number of benzene rings is 2. The molecule has 2 aromatic heterocycles. The zero-order valence-corrected chi connectivity index (χ0v) is 15.8. The number of para-hydroxylation sites is 1. The van der Waals surface area contributed by atoms with E-state index in [4.69, 9.17) is 15.5 Å². The Hall–Kier alpha value is -3.68. The number of ether oxygens (including phenoxy) is 1. The predicted octanol–water partition coefficient (Wildman–Crippen LogP) is 3.79. The van der Waals surface area contributed by atoms with Gasteiger partial charge in [0.05, 0.1) is 23.9 Å². The minimum Gasteiger partial charge on any atom is -0.496 e. The molecule has 2 heterocycles. The van der Waals surface area contributed by atoms with Gasteiger partial charge in [-0.25, -0.2) is 14.1 Å². The number of methoxy groups -OCH3 is 1. The highest BCUT2D eigenvalue weighted by Crippen LogP contribution is 2.37. The van der Waals surface area contributed by atoms with Crippen molar-refractivity contribution in [3.05, 3.63) is 54.3 Å². The maximum atomic E-state index is 13.8. The fourth-order valence-corrected chi connectivity index (χ4v) is 3.33. The first-order valence-corrected chi connectivity index (χ1v) is 9.36. The summed E-state index contributed by atoms with van der Waals surface area (Å²) >= 11 is 0. The molecular weight excluding hydrogens is 371 g/mol. The van der Waals surface area contributed by atoms with Crippen molar-refractivity contribution in [1.29, 1.82) is 0 Å². The van der Waals surface area contributed by atoms with Gasteiger partial charge in [0.15, 0.2) is 5.65 Å². The molecule has 0 saturated heterocycles. The van der Waals surface area contributed by atoms with Crippen LogP contribution in [-0.4, -0.2) is 32.9 Å². The first-order valence-electron chi connectivity index (χ1n) is 9.36. The van der Waals surface area contributed by atoms with Crippen LogP contribution in [0.4, 0.5) is 16.2 Å². The maximum Gasteiger partial charge on any atom is 0.225 e. The number of rotatable bonds is 5. The molecule has 2 aromatic carbocycles. The van der Waals surface area contributed by atoms with Crippen molar-refractivity contribution in [2.24, 2.45) is 0 Å². The smallest absolute Gasteiger partial charge is 0.225 e. The molecule has 1 fully saturated rings. The number of anilines is 2. The number of nitrogens with one attached hydrogen (secondary N) is 1. The summed E-state index contributed by atoms with van der Waals surface area (Å²) in [4.78, 5) is 9.29. The minimum absolute atomic E-state index is 0.337. The lowest BCUT2D eigenvalue weighted by Crippen LogP contribution is -2.06. The lowest BCUT2D eigenvalue weighted by molar-refractivity contribution is 0.416. The molecule has 1 aliphatic rings. The number of nitrogen functional groups attached to an aromatic ring is 1. The fraction of sp³-hybridized carbons (Fsp3) is 0.190. The summed E-state index contributed by atoms with van der Waals surface area (Å²) in [5.41, 5.74) is 8.81. The highest BCUT2D eigenvalue weighted by Gasteiger charge is 2.25. The molecule has 5 rings (SSSR count). The second kappa shape index (κ2) is 6.73. The number of hydrogen-bond acceptors (Lipinski definition) is 6. The van der Waals surface area contributed by atoms with E-state index in [0.29, 0.717) is 46.0 Å². The van der Waals surface area contributed by atoms with Gasteiger partial charge in [0.2, 0.25) is 5.95 Å². The Morgan fingerprint density at radius 1 is 1.14 bits per heavy atom. The molecule has 0 amide bonds. The van der Waals surface area contributed by atoms with Crippen LogP contribution in [0.25, 0.3) is 28.0 Å². The second-order valence-corrected chi connectivity index (χ2v) is 6.99. The number of hydrogen-bond donors (Lipinski definition) is 2. The topological polar surface area (TPSA) is 90.9 Å². The Balaban J connectivity index is 1.77. The van der Waals surface area contributed by atoms with Gasteiger partial charge in [0, 0.05) is 11.6 Å². The summed E-state index contributed by atoms with van der Waals surface area (Å²) in [6, 6.07) is 14.1. The molecule has 1 saturated carbocycles. The van der Waals surface area contributed by atoms with E-state index in [1.807, 2.05) is 24.3 Å². The van der Waals surface area contributed by atoms with Gasteiger partial charge >= 0.3 is 0 Å². The zero-order chi connectivity index (χ0) is 20.0. The molecule has 0 bridgehead atoms. The van der Waals surface area contributed by atoms with Gasteiger partial charge < -0.3 is 15.8 Å². The third kappa shape index (κ3) is 3.12. The van der Waals surface area contributed by atoms with Crippen LogP contribution in [0.1, 0.15) is 12.8 Å². The lowest BCUT2D eigenvalue weighted by atomic mass is 10.1. The average Bonchev–Trinajstić information content (AvgIpc) is 3.48. The van der Waals surface area contributed by atoms with Crippen molar-refractivity contribution >= 4 is 22.8 Å². The first kappa shape index (κ1) is 17.4. The molecule has 146 valence electrons. The molecule has 0 aliphatic heterocycles. The summed E-state index contributed by atoms with van der Waals surface area (Å²) in [6.07, 6.45) is 2.18. The summed E-state index contributed by atoms with van der Waals surface area (Å²) in [5.74, 6) is 1.13. The fourth-order valence-electron chi connectivity index (χ4n) is 3.33. The van der Waals surface area contributed by atoms with Crippen LogP contribution in [0.3, 0.4) is 0 Å². The summed E-state index contributed by atoms with van der Waals surface area (Å²) < 4.78 is 20.8. The minimum atomic E-state index is -0.367. The van der Waals surface area contributed by atoms with Crippen LogP contribution in [0.2, 0.25) is 0 Å². The van der Waals surface area contributed by atoms with Crippen molar-refractivity contribution in [1.82, 2.24) is 19.7 Å². The summed E-state index contributed by atoms with van der Waals surface area (Å²) in [7, 11) is 1.61. The summed E-state index contributed by atoms with van der Waals surface area (Å²) in [6.45, 7) is 0. The van der Waals surface area contributed by atoms with Crippen LogP contribution in [-0.2, 0) is 0 Å². The predicted molar refractivity (Wildman–Crippen MR) is 110 cm³/mol. The third-order valence-electron chi connectivity index (χ3n) is 4.89. The Morgan fingerprint density at radius 2 is 1.97 bits per heavy atom. The van der Waals surface area contributed by atoms with Gasteiger partial charge in [-0.2, -0.15) is 4.98 Å². The average molecular weight is 390 g/mol. The van der Waals surface area contributed by atoms with Crippen LogP contribution >= 0.6 is 0 Å². The normalized spacial score (nSPS) is 13.6. The molecule has 7 nitrogen and oxygen atoms in total. The van der Waals surface area contributed by atoms with Gasteiger partial charge in [-0.3, -0.25) is 0 Å². The third-order valence-corrected chi connectivity index (χ3v) is 4.89. The molecule has 0 spiro atoms.